The van der Waals surface area contributed by atoms with Crippen LogP contribution in [-0.2, 0) is 6.42 Å². The molecule has 0 fully saturated rings. The second-order valence-corrected chi connectivity index (χ2v) is 6.18. The summed E-state index contributed by atoms with van der Waals surface area (Å²) in [4.78, 5) is 0.945. The number of halogens is 3. The number of rotatable bonds is 3. The summed E-state index contributed by atoms with van der Waals surface area (Å²) in [5.41, 5.74) is 6.27. The number of nitrogens with two attached hydrogens (primary N) is 1. The van der Waals surface area contributed by atoms with Gasteiger partial charge in [-0.3, -0.25) is 0 Å². The second kappa shape index (κ2) is 5.25. The monoisotopic (exact) mass is 317 g/mol. The number of hydrogen-bond acceptors (Lipinski definition) is 2. The quantitative estimate of drug-likeness (QED) is 0.908. The van der Waals surface area contributed by atoms with Crippen LogP contribution in [0.1, 0.15) is 16.5 Å². The normalized spacial score (nSPS) is 12.7. The van der Waals surface area contributed by atoms with E-state index in [1.54, 1.807) is 0 Å². The zero-order valence-corrected chi connectivity index (χ0v) is 11.2. The van der Waals surface area contributed by atoms with Gasteiger partial charge in [0.15, 0.2) is 0 Å². The molecule has 2 N–H and O–H groups in total. The van der Waals surface area contributed by atoms with E-state index in [2.05, 4.69) is 15.9 Å². The van der Waals surface area contributed by atoms with Crippen LogP contribution in [0.15, 0.2) is 34.1 Å². The highest BCUT2D eigenvalue weighted by Crippen LogP contribution is 2.28. The largest absolute Gasteiger partial charge is 0.323 e. The molecule has 0 saturated carbocycles. The average molecular weight is 318 g/mol. The fourth-order valence-electron chi connectivity index (χ4n) is 1.56. The van der Waals surface area contributed by atoms with Gasteiger partial charge in [-0.1, -0.05) is 0 Å². The van der Waals surface area contributed by atoms with E-state index >= 15 is 0 Å². The summed E-state index contributed by atoms with van der Waals surface area (Å²) < 4.78 is 27.4. The van der Waals surface area contributed by atoms with Crippen molar-refractivity contribution in [1.82, 2.24) is 0 Å². The van der Waals surface area contributed by atoms with Crippen molar-refractivity contribution >= 4 is 27.3 Å². The highest BCUT2D eigenvalue weighted by Gasteiger charge is 2.13. The topological polar surface area (TPSA) is 26.0 Å². The molecule has 1 atom stereocenters. The fourth-order valence-corrected chi connectivity index (χ4v) is 2.99. The summed E-state index contributed by atoms with van der Waals surface area (Å²) in [6.45, 7) is 0. The first kappa shape index (κ1) is 12.7. The molecular formula is C12H10BrF2NS. The van der Waals surface area contributed by atoms with Crippen molar-refractivity contribution in [1.29, 1.82) is 0 Å². The van der Waals surface area contributed by atoms with E-state index in [4.69, 9.17) is 5.73 Å². The third-order valence-electron chi connectivity index (χ3n) is 2.41. The lowest BCUT2D eigenvalue weighted by Gasteiger charge is -2.10. The molecule has 1 heterocycles. The summed E-state index contributed by atoms with van der Waals surface area (Å²) in [6.07, 6.45) is 0.288. The molecule has 2 rings (SSSR count). The van der Waals surface area contributed by atoms with Gasteiger partial charge < -0.3 is 5.73 Å². The Kier molecular flexibility index (Phi) is 3.91. The third-order valence-corrected chi connectivity index (χ3v) is 4.16. The Morgan fingerprint density at radius 3 is 2.65 bits per heavy atom. The molecule has 0 saturated heterocycles. The Bertz CT molecular complexity index is 527. The zero-order valence-electron chi connectivity index (χ0n) is 8.79. The molecule has 1 unspecified atom stereocenters. The second-order valence-electron chi connectivity index (χ2n) is 3.69. The van der Waals surface area contributed by atoms with Crippen molar-refractivity contribution in [2.45, 2.75) is 12.5 Å². The summed E-state index contributed by atoms with van der Waals surface area (Å²) >= 11 is 4.84. The molecule has 1 aromatic carbocycles. The van der Waals surface area contributed by atoms with E-state index in [0.29, 0.717) is 5.56 Å². The van der Waals surface area contributed by atoms with Crippen molar-refractivity contribution in [3.63, 3.8) is 0 Å². The Balaban J connectivity index is 2.18. The molecule has 5 heteroatoms. The molecule has 0 spiro atoms. The molecule has 0 radical (unpaired) electrons. The predicted octanol–water partition coefficient (Wildman–Crippen LogP) is 4.03. The van der Waals surface area contributed by atoms with Crippen LogP contribution in [0.25, 0.3) is 0 Å². The highest BCUT2D eigenvalue weighted by molar-refractivity contribution is 9.11. The van der Waals surface area contributed by atoms with Crippen LogP contribution >= 0.6 is 27.3 Å². The van der Waals surface area contributed by atoms with Gasteiger partial charge in [-0.05, 0) is 58.2 Å². The minimum Gasteiger partial charge on any atom is -0.323 e. The molecule has 0 bridgehead atoms. The molecule has 1 aromatic heterocycles. The Labute approximate surface area is 110 Å². The summed E-state index contributed by atoms with van der Waals surface area (Å²) in [7, 11) is 0. The fraction of sp³-hybridized carbons (Fsp3) is 0.167. The summed E-state index contributed by atoms with van der Waals surface area (Å²) in [6, 6.07) is 6.88. The zero-order chi connectivity index (χ0) is 12.4. The first-order valence-electron chi connectivity index (χ1n) is 5.01. The van der Waals surface area contributed by atoms with Gasteiger partial charge in [0.25, 0.3) is 0 Å². The Hall–Kier alpha value is -0.780. The van der Waals surface area contributed by atoms with E-state index in [-0.39, 0.29) is 12.5 Å². The highest BCUT2D eigenvalue weighted by atomic mass is 79.9. The lowest BCUT2D eigenvalue weighted by Crippen LogP contribution is -2.12. The van der Waals surface area contributed by atoms with E-state index in [0.717, 1.165) is 20.8 Å². The van der Waals surface area contributed by atoms with Crippen molar-refractivity contribution < 1.29 is 8.78 Å². The van der Waals surface area contributed by atoms with Gasteiger partial charge in [-0.15, -0.1) is 11.3 Å². The number of thiophene rings is 1. The Morgan fingerprint density at radius 2 is 2.00 bits per heavy atom. The molecule has 0 aliphatic carbocycles. The average Bonchev–Trinajstić information content (AvgIpc) is 2.70. The molecule has 1 nitrogen and oxygen atoms in total. The molecule has 90 valence electrons. The van der Waals surface area contributed by atoms with Gasteiger partial charge in [0, 0.05) is 10.9 Å². The van der Waals surface area contributed by atoms with Crippen LogP contribution in [0, 0.1) is 11.6 Å². The smallest absolute Gasteiger partial charge is 0.126 e. The van der Waals surface area contributed by atoms with Crippen LogP contribution < -0.4 is 5.73 Å². The predicted molar refractivity (Wildman–Crippen MR) is 69.0 cm³/mol. The summed E-state index contributed by atoms with van der Waals surface area (Å²) in [5.74, 6) is -0.863. The van der Waals surface area contributed by atoms with Gasteiger partial charge in [-0.2, -0.15) is 0 Å². The van der Waals surface area contributed by atoms with E-state index in [1.807, 2.05) is 12.1 Å². The number of benzene rings is 1. The van der Waals surface area contributed by atoms with Crippen molar-refractivity contribution in [3.8, 4) is 0 Å². The van der Waals surface area contributed by atoms with E-state index in [1.165, 1.54) is 17.4 Å². The lowest BCUT2D eigenvalue weighted by molar-refractivity contribution is 0.574. The minimum atomic E-state index is -0.444. The molecule has 0 amide bonds. The maximum atomic E-state index is 13.4. The van der Waals surface area contributed by atoms with Gasteiger partial charge in [0.1, 0.15) is 11.6 Å². The van der Waals surface area contributed by atoms with E-state index < -0.39 is 11.6 Å². The van der Waals surface area contributed by atoms with Crippen molar-refractivity contribution in [2.75, 3.05) is 0 Å². The van der Waals surface area contributed by atoms with Crippen molar-refractivity contribution in [2.24, 2.45) is 5.73 Å². The van der Waals surface area contributed by atoms with Crippen LogP contribution in [0.4, 0.5) is 8.78 Å². The maximum absolute atomic E-state index is 13.4. The first-order chi connectivity index (χ1) is 8.06. The van der Waals surface area contributed by atoms with Gasteiger partial charge >= 0.3 is 0 Å². The molecule has 0 aliphatic heterocycles. The van der Waals surface area contributed by atoms with Crippen LogP contribution in [0.3, 0.4) is 0 Å². The number of hydrogen-bond donors (Lipinski definition) is 1. The van der Waals surface area contributed by atoms with Crippen molar-refractivity contribution in [3.05, 3.63) is 56.2 Å². The summed E-state index contributed by atoms with van der Waals surface area (Å²) in [5, 5.41) is 0. The van der Waals surface area contributed by atoms with E-state index in [9.17, 15) is 8.78 Å². The molecule has 2 aromatic rings. The lowest BCUT2D eigenvalue weighted by atomic mass is 10.0. The van der Waals surface area contributed by atoms with Crippen LogP contribution in [-0.4, -0.2) is 0 Å². The van der Waals surface area contributed by atoms with Gasteiger partial charge in [-0.25, -0.2) is 8.78 Å². The Morgan fingerprint density at radius 1 is 1.24 bits per heavy atom. The first-order valence-corrected chi connectivity index (χ1v) is 6.62. The SMILES string of the molecule is NC(Cc1cc(F)ccc1F)c1ccc(Br)s1. The standard InChI is InChI=1S/C12H10BrF2NS/c13-12-4-3-11(17-12)10(16)6-7-5-8(14)1-2-9(7)15/h1-5,10H,6,16H2. The minimum absolute atomic E-state index is 0.288. The molecule has 0 aliphatic rings. The van der Waals surface area contributed by atoms with Gasteiger partial charge in [0.2, 0.25) is 0 Å². The molecule has 17 heavy (non-hydrogen) atoms. The third kappa shape index (κ3) is 3.12. The maximum Gasteiger partial charge on any atom is 0.126 e. The van der Waals surface area contributed by atoms with Crippen LogP contribution in [0.5, 0.6) is 0 Å². The van der Waals surface area contributed by atoms with Gasteiger partial charge in [0.05, 0.1) is 3.79 Å². The molecular weight excluding hydrogens is 308 g/mol. The van der Waals surface area contributed by atoms with Crippen LogP contribution in [0.2, 0.25) is 0 Å².